The van der Waals surface area contributed by atoms with Gasteiger partial charge in [-0.15, -0.1) is 0 Å². The Labute approximate surface area is 240 Å². The molecule has 0 spiro atoms. The SMILES string of the molecule is CCNC(=O)Nc1ccc(OCCN2C[C@@]3(C)O[C@@](C)(C2)[C@H]2C(=O)N(c4ccc(C#N)c(C(F)(F)F)c4)C(=O)[C@H]23)cc1. The second-order valence-corrected chi connectivity index (χ2v) is 11.1. The van der Waals surface area contributed by atoms with Gasteiger partial charge in [0.2, 0.25) is 11.8 Å². The van der Waals surface area contributed by atoms with Crippen LogP contribution in [-0.2, 0) is 20.5 Å². The number of imide groups is 1. The lowest BCUT2D eigenvalue weighted by Crippen LogP contribution is -2.58. The summed E-state index contributed by atoms with van der Waals surface area (Å²) in [5.74, 6) is -2.39. The first-order valence-corrected chi connectivity index (χ1v) is 13.5. The van der Waals surface area contributed by atoms with E-state index < -0.39 is 52.2 Å². The topological polar surface area (TPSA) is 124 Å². The van der Waals surface area contributed by atoms with Crippen molar-refractivity contribution in [3.05, 3.63) is 53.6 Å². The number of fused-ring (bicyclic) bond motifs is 5. The van der Waals surface area contributed by atoms with Gasteiger partial charge in [0, 0.05) is 31.9 Å². The first-order valence-electron chi connectivity index (χ1n) is 13.5. The predicted octanol–water partition coefficient (Wildman–Crippen LogP) is 3.77. The van der Waals surface area contributed by atoms with Crippen molar-refractivity contribution in [3.8, 4) is 11.8 Å². The van der Waals surface area contributed by atoms with Gasteiger partial charge >= 0.3 is 12.2 Å². The Hall–Kier alpha value is -4.15. The van der Waals surface area contributed by atoms with E-state index >= 15 is 0 Å². The summed E-state index contributed by atoms with van der Waals surface area (Å²) >= 11 is 0. The lowest BCUT2D eigenvalue weighted by Gasteiger charge is -2.45. The summed E-state index contributed by atoms with van der Waals surface area (Å²) in [5, 5.41) is 14.5. The minimum Gasteiger partial charge on any atom is -0.492 e. The van der Waals surface area contributed by atoms with E-state index in [1.165, 1.54) is 12.1 Å². The Balaban J connectivity index is 1.27. The van der Waals surface area contributed by atoms with Gasteiger partial charge in [0.1, 0.15) is 12.4 Å². The summed E-state index contributed by atoms with van der Waals surface area (Å²) in [7, 11) is 0. The van der Waals surface area contributed by atoms with E-state index in [0.717, 1.165) is 11.0 Å². The Morgan fingerprint density at radius 3 is 2.26 bits per heavy atom. The van der Waals surface area contributed by atoms with Gasteiger partial charge in [0.15, 0.2) is 0 Å². The number of amides is 4. The van der Waals surface area contributed by atoms with E-state index in [9.17, 15) is 27.6 Å². The smallest absolute Gasteiger partial charge is 0.417 e. The van der Waals surface area contributed by atoms with Gasteiger partial charge in [0.25, 0.3) is 0 Å². The van der Waals surface area contributed by atoms with Gasteiger partial charge in [-0.05, 0) is 63.2 Å². The van der Waals surface area contributed by atoms with Crippen molar-refractivity contribution in [2.45, 2.75) is 38.1 Å². The lowest BCUT2D eigenvalue weighted by atomic mass is 9.79. The average Bonchev–Trinajstić information content (AvgIpc) is 3.29. The number of likely N-dealkylation sites (tertiary alicyclic amines) is 1. The quantitative estimate of drug-likeness (QED) is 0.474. The second kappa shape index (κ2) is 10.6. The zero-order chi connectivity index (χ0) is 30.4. The van der Waals surface area contributed by atoms with Crippen molar-refractivity contribution in [2.24, 2.45) is 11.8 Å². The number of hydrogen-bond acceptors (Lipinski definition) is 7. The largest absolute Gasteiger partial charge is 0.492 e. The molecule has 3 saturated heterocycles. The minimum absolute atomic E-state index is 0.214. The lowest BCUT2D eigenvalue weighted by molar-refractivity contribution is -0.169. The number of rotatable bonds is 7. The number of nitriles is 1. The van der Waals surface area contributed by atoms with Crippen molar-refractivity contribution in [3.63, 3.8) is 0 Å². The second-order valence-electron chi connectivity index (χ2n) is 11.1. The van der Waals surface area contributed by atoms with Crippen molar-refractivity contribution in [2.75, 3.05) is 43.0 Å². The Bertz CT molecular complexity index is 1420. The van der Waals surface area contributed by atoms with Crippen LogP contribution in [0.5, 0.6) is 5.75 Å². The summed E-state index contributed by atoms with van der Waals surface area (Å²) < 4.78 is 53.0. The summed E-state index contributed by atoms with van der Waals surface area (Å²) in [6, 6.07) is 11.0. The van der Waals surface area contributed by atoms with Gasteiger partial charge in [-0.3, -0.25) is 14.5 Å². The van der Waals surface area contributed by atoms with E-state index in [4.69, 9.17) is 14.7 Å². The fraction of sp³-hybridized carbons (Fsp3) is 0.448. The number of morpholine rings is 1. The predicted molar refractivity (Wildman–Crippen MR) is 145 cm³/mol. The third-order valence-electron chi connectivity index (χ3n) is 7.98. The molecule has 5 rings (SSSR count). The van der Waals surface area contributed by atoms with Crippen LogP contribution in [0.25, 0.3) is 0 Å². The maximum Gasteiger partial charge on any atom is 0.417 e. The maximum absolute atomic E-state index is 13.6. The van der Waals surface area contributed by atoms with Gasteiger partial charge in [-0.2, -0.15) is 18.4 Å². The third kappa shape index (κ3) is 5.16. The number of hydrogen-bond donors (Lipinski definition) is 2. The van der Waals surface area contributed by atoms with Gasteiger partial charge in [0.05, 0.1) is 45.9 Å². The number of anilines is 2. The van der Waals surface area contributed by atoms with E-state index in [0.29, 0.717) is 50.3 Å². The fourth-order valence-electron chi connectivity index (χ4n) is 6.44. The molecule has 0 radical (unpaired) electrons. The number of carbonyl (C=O) groups is 3. The third-order valence-corrected chi connectivity index (χ3v) is 7.98. The van der Waals surface area contributed by atoms with Crippen molar-refractivity contribution in [1.29, 1.82) is 5.26 Å². The molecule has 42 heavy (non-hydrogen) atoms. The molecular formula is C29H30F3N5O5. The Morgan fingerprint density at radius 2 is 1.71 bits per heavy atom. The highest BCUT2D eigenvalue weighted by atomic mass is 19.4. The molecule has 0 unspecified atom stereocenters. The van der Waals surface area contributed by atoms with E-state index in [2.05, 4.69) is 15.5 Å². The standard InChI is InChI=1S/C29H30F3N5O5/c1-4-34-26(40)35-18-6-9-20(10-7-18)41-12-11-36-15-27(2)22-23(28(3,16-36)42-27)25(39)37(24(22)38)19-8-5-17(14-33)21(13-19)29(30,31)32/h5-10,13,22-23H,4,11-12,15-16H2,1-3H3,(H2,34,35,40)/t22-,23+,27+,28-. The van der Waals surface area contributed by atoms with E-state index in [-0.39, 0.29) is 11.7 Å². The summed E-state index contributed by atoms with van der Waals surface area (Å²) in [4.78, 5) is 41.8. The number of urea groups is 1. The number of nitrogens with zero attached hydrogens (tertiary/aromatic N) is 3. The number of ether oxygens (including phenoxy) is 2. The van der Waals surface area contributed by atoms with Crippen LogP contribution in [0.2, 0.25) is 0 Å². The zero-order valence-corrected chi connectivity index (χ0v) is 23.2. The van der Waals surface area contributed by atoms with E-state index in [1.54, 1.807) is 38.1 Å². The molecule has 2 aromatic carbocycles. The van der Waals surface area contributed by atoms with Crippen LogP contribution in [0.15, 0.2) is 42.5 Å². The Kier molecular flexibility index (Phi) is 7.40. The highest BCUT2D eigenvalue weighted by Gasteiger charge is 2.71. The molecule has 3 fully saturated rings. The molecule has 222 valence electrons. The number of nitrogens with one attached hydrogen (secondary N) is 2. The first kappa shape index (κ1) is 29.3. The highest BCUT2D eigenvalue weighted by Crippen LogP contribution is 2.55. The van der Waals surface area contributed by atoms with Crippen molar-refractivity contribution < 1.29 is 37.0 Å². The molecule has 3 aliphatic rings. The fourth-order valence-corrected chi connectivity index (χ4v) is 6.44. The molecule has 2 N–H and O–H groups in total. The molecule has 13 heteroatoms. The van der Waals surface area contributed by atoms with Gasteiger partial charge < -0.3 is 20.1 Å². The van der Waals surface area contributed by atoms with Crippen LogP contribution in [-0.4, -0.2) is 66.7 Å². The molecule has 3 aliphatic heterocycles. The normalized spacial score (nSPS) is 27.0. The Morgan fingerprint density at radius 1 is 1.10 bits per heavy atom. The summed E-state index contributed by atoms with van der Waals surface area (Å²) in [6.07, 6.45) is -4.83. The van der Waals surface area contributed by atoms with Crippen molar-refractivity contribution >= 4 is 29.2 Å². The molecular weight excluding hydrogens is 555 g/mol. The van der Waals surface area contributed by atoms with Crippen LogP contribution in [0, 0.1) is 23.2 Å². The zero-order valence-electron chi connectivity index (χ0n) is 23.2. The molecule has 4 atom stereocenters. The van der Waals surface area contributed by atoms with E-state index in [1.807, 2.05) is 6.92 Å². The number of benzene rings is 2. The number of carbonyl (C=O) groups excluding carboxylic acids is 3. The minimum atomic E-state index is -4.83. The maximum atomic E-state index is 13.6. The van der Waals surface area contributed by atoms with Gasteiger partial charge in [-0.25, -0.2) is 9.69 Å². The molecule has 0 aliphatic carbocycles. The van der Waals surface area contributed by atoms with Crippen LogP contribution in [0.3, 0.4) is 0 Å². The molecule has 2 aromatic rings. The highest BCUT2D eigenvalue weighted by molar-refractivity contribution is 6.23. The number of halogens is 3. The van der Waals surface area contributed by atoms with Gasteiger partial charge in [-0.1, -0.05) is 0 Å². The molecule has 0 aromatic heterocycles. The van der Waals surface area contributed by atoms with Crippen LogP contribution < -0.4 is 20.3 Å². The van der Waals surface area contributed by atoms with Crippen LogP contribution in [0.1, 0.15) is 31.9 Å². The first-order chi connectivity index (χ1) is 19.8. The van der Waals surface area contributed by atoms with Crippen LogP contribution in [0.4, 0.5) is 29.3 Å². The monoisotopic (exact) mass is 585 g/mol. The average molecular weight is 586 g/mol. The summed E-state index contributed by atoms with van der Waals surface area (Å²) in [5.41, 5.74) is -3.49. The molecule has 0 saturated carbocycles. The number of alkyl halides is 3. The molecule has 4 amide bonds. The van der Waals surface area contributed by atoms with Crippen molar-refractivity contribution in [1.82, 2.24) is 10.2 Å². The molecule has 10 nitrogen and oxygen atoms in total. The summed E-state index contributed by atoms with van der Waals surface area (Å²) in [6.45, 7) is 7.24. The molecule has 2 bridgehead atoms. The molecule has 3 heterocycles. The van der Waals surface area contributed by atoms with Crippen LogP contribution >= 0.6 is 0 Å².